The lowest BCUT2D eigenvalue weighted by atomic mass is 10.0. The molecule has 2 aromatic rings. The van der Waals surface area contributed by atoms with Crippen LogP contribution < -0.4 is 5.32 Å². The lowest BCUT2D eigenvalue weighted by Crippen LogP contribution is -2.13. The van der Waals surface area contributed by atoms with Gasteiger partial charge in [0.25, 0.3) is 5.91 Å². The molecule has 0 saturated carbocycles. The highest BCUT2D eigenvalue weighted by atomic mass is 16.4. The predicted octanol–water partition coefficient (Wildman–Crippen LogP) is 2.49. The van der Waals surface area contributed by atoms with Gasteiger partial charge < -0.3 is 10.4 Å². The van der Waals surface area contributed by atoms with E-state index in [1.54, 1.807) is 25.1 Å². The zero-order valence-electron chi connectivity index (χ0n) is 12.6. The molecular formula is C16H19N3O3. The smallest absolute Gasteiger partial charge is 0.306 e. The topological polar surface area (TPSA) is 95.1 Å². The van der Waals surface area contributed by atoms with E-state index in [1.807, 2.05) is 19.1 Å². The van der Waals surface area contributed by atoms with Gasteiger partial charge in [0.2, 0.25) is 0 Å². The van der Waals surface area contributed by atoms with Crippen molar-refractivity contribution in [3.8, 4) is 0 Å². The first-order valence-corrected chi connectivity index (χ1v) is 7.17. The highest BCUT2D eigenvalue weighted by Crippen LogP contribution is 2.14. The number of hydrogen-bond acceptors (Lipinski definition) is 3. The number of carboxylic acid groups (broad SMARTS) is 1. The van der Waals surface area contributed by atoms with Gasteiger partial charge in [0.1, 0.15) is 0 Å². The highest BCUT2D eigenvalue weighted by Gasteiger charge is 2.12. The third-order valence-corrected chi connectivity index (χ3v) is 3.42. The summed E-state index contributed by atoms with van der Waals surface area (Å²) in [5.74, 6) is -1.53. The van der Waals surface area contributed by atoms with Gasteiger partial charge in [0.05, 0.1) is 5.92 Å². The van der Waals surface area contributed by atoms with Crippen molar-refractivity contribution in [3.63, 3.8) is 0 Å². The molecule has 1 atom stereocenters. The number of anilines is 1. The Morgan fingerprint density at radius 3 is 2.55 bits per heavy atom. The molecule has 2 rings (SSSR count). The maximum absolute atomic E-state index is 12.0. The van der Waals surface area contributed by atoms with Crippen LogP contribution in [0.4, 0.5) is 5.69 Å². The fourth-order valence-corrected chi connectivity index (χ4v) is 2.02. The van der Waals surface area contributed by atoms with Crippen molar-refractivity contribution in [3.05, 3.63) is 47.3 Å². The minimum Gasteiger partial charge on any atom is -0.481 e. The van der Waals surface area contributed by atoms with E-state index >= 15 is 0 Å². The minimum absolute atomic E-state index is 0.275. The third kappa shape index (κ3) is 3.94. The first kappa shape index (κ1) is 15.8. The van der Waals surface area contributed by atoms with E-state index < -0.39 is 11.9 Å². The maximum atomic E-state index is 12.0. The molecule has 22 heavy (non-hydrogen) atoms. The van der Waals surface area contributed by atoms with Crippen LogP contribution in [0.5, 0.6) is 0 Å². The van der Waals surface area contributed by atoms with E-state index in [9.17, 15) is 9.59 Å². The molecule has 1 aromatic heterocycles. The van der Waals surface area contributed by atoms with Gasteiger partial charge in [0, 0.05) is 11.4 Å². The SMILES string of the molecule is CCc1cc(C(=O)Nc2ccc(CC(C)C(=O)O)cc2)n[nH]1. The van der Waals surface area contributed by atoms with E-state index in [1.165, 1.54) is 0 Å². The average Bonchev–Trinajstić information content (AvgIpc) is 2.98. The summed E-state index contributed by atoms with van der Waals surface area (Å²) in [5.41, 5.74) is 2.82. The molecule has 1 unspecified atom stereocenters. The lowest BCUT2D eigenvalue weighted by molar-refractivity contribution is -0.141. The van der Waals surface area contributed by atoms with Crippen molar-refractivity contribution in [2.45, 2.75) is 26.7 Å². The Bertz CT molecular complexity index is 662. The number of rotatable bonds is 6. The second-order valence-corrected chi connectivity index (χ2v) is 5.23. The summed E-state index contributed by atoms with van der Waals surface area (Å²) in [4.78, 5) is 22.9. The second kappa shape index (κ2) is 6.89. The molecule has 0 fully saturated rings. The fourth-order valence-electron chi connectivity index (χ4n) is 2.02. The lowest BCUT2D eigenvalue weighted by Gasteiger charge is -2.08. The molecule has 0 aliphatic heterocycles. The zero-order valence-corrected chi connectivity index (χ0v) is 12.6. The van der Waals surface area contributed by atoms with Crippen molar-refractivity contribution in [1.82, 2.24) is 10.2 Å². The maximum Gasteiger partial charge on any atom is 0.306 e. The molecule has 1 aromatic carbocycles. The molecule has 0 aliphatic rings. The van der Waals surface area contributed by atoms with Crippen molar-refractivity contribution < 1.29 is 14.7 Å². The quantitative estimate of drug-likeness (QED) is 0.764. The minimum atomic E-state index is -0.817. The van der Waals surface area contributed by atoms with Crippen molar-refractivity contribution in [2.75, 3.05) is 5.32 Å². The molecular weight excluding hydrogens is 282 g/mol. The first-order valence-electron chi connectivity index (χ1n) is 7.17. The number of carbonyl (C=O) groups is 2. The van der Waals surface area contributed by atoms with Gasteiger partial charge in [-0.05, 0) is 36.6 Å². The van der Waals surface area contributed by atoms with E-state index in [0.717, 1.165) is 17.7 Å². The van der Waals surface area contributed by atoms with Gasteiger partial charge in [-0.1, -0.05) is 26.0 Å². The van der Waals surface area contributed by atoms with E-state index in [2.05, 4.69) is 15.5 Å². The Balaban J connectivity index is 1.98. The number of carbonyl (C=O) groups excluding carboxylic acids is 1. The molecule has 0 spiro atoms. The highest BCUT2D eigenvalue weighted by molar-refractivity contribution is 6.02. The van der Waals surface area contributed by atoms with Gasteiger partial charge in [-0.3, -0.25) is 14.7 Å². The van der Waals surface area contributed by atoms with Gasteiger partial charge >= 0.3 is 5.97 Å². The monoisotopic (exact) mass is 301 g/mol. The Morgan fingerprint density at radius 1 is 1.32 bits per heavy atom. The van der Waals surface area contributed by atoms with Crippen LogP contribution in [0.2, 0.25) is 0 Å². The first-order chi connectivity index (χ1) is 10.5. The molecule has 0 aliphatic carbocycles. The van der Waals surface area contributed by atoms with Gasteiger partial charge in [-0.2, -0.15) is 5.10 Å². The standard InChI is InChI=1S/C16H19N3O3/c1-3-12-9-14(19-18-12)15(20)17-13-6-4-11(5-7-13)8-10(2)16(21)22/h4-7,9-10H,3,8H2,1-2H3,(H,17,20)(H,18,19)(H,21,22). The van der Waals surface area contributed by atoms with Crippen LogP contribution in [-0.2, 0) is 17.6 Å². The molecule has 1 heterocycles. The van der Waals surface area contributed by atoms with Crippen molar-refractivity contribution >= 4 is 17.6 Å². The van der Waals surface area contributed by atoms with Gasteiger partial charge in [-0.15, -0.1) is 0 Å². The molecule has 0 bridgehead atoms. The summed E-state index contributed by atoms with van der Waals surface area (Å²) >= 11 is 0. The number of carboxylic acids is 1. The average molecular weight is 301 g/mol. The number of aryl methyl sites for hydroxylation is 1. The zero-order chi connectivity index (χ0) is 16.1. The van der Waals surface area contributed by atoms with Crippen LogP contribution in [0.1, 0.15) is 35.6 Å². The number of benzene rings is 1. The number of amides is 1. The largest absolute Gasteiger partial charge is 0.481 e. The number of aromatic nitrogens is 2. The van der Waals surface area contributed by atoms with E-state index in [0.29, 0.717) is 17.8 Å². The molecule has 6 nitrogen and oxygen atoms in total. The van der Waals surface area contributed by atoms with E-state index in [-0.39, 0.29) is 5.91 Å². The molecule has 0 saturated heterocycles. The van der Waals surface area contributed by atoms with Crippen LogP contribution in [-0.4, -0.2) is 27.2 Å². The third-order valence-electron chi connectivity index (χ3n) is 3.42. The van der Waals surface area contributed by atoms with Crippen LogP contribution >= 0.6 is 0 Å². The Labute approximate surface area is 128 Å². The van der Waals surface area contributed by atoms with Crippen molar-refractivity contribution in [2.24, 2.45) is 5.92 Å². The van der Waals surface area contributed by atoms with Crippen molar-refractivity contribution in [1.29, 1.82) is 0 Å². The summed E-state index contributed by atoms with van der Waals surface area (Å²) in [6.07, 6.45) is 1.25. The summed E-state index contributed by atoms with van der Waals surface area (Å²) in [5, 5.41) is 18.4. The molecule has 3 N–H and O–H groups in total. The summed E-state index contributed by atoms with van der Waals surface area (Å²) in [6, 6.07) is 8.87. The predicted molar refractivity (Wildman–Crippen MR) is 82.9 cm³/mol. The number of nitrogens with zero attached hydrogens (tertiary/aromatic N) is 1. The molecule has 116 valence electrons. The fraction of sp³-hybridized carbons (Fsp3) is 0.312. The van der Waals surface area contributed by atoms with Crippen LogP contribution in [0.15, 0.2) is 30.3 Å². The number of H-pyrrole nitrogens is 1. The number of aromatic amines is 1. The Morgan fingerprint density at radius 2 is 2.00 bits per heavy atom. The number of hydrogen-bond donors (Lipinski definition) is 3. The molecule has 1 amide bonds. The number of aliphatic carboxylic acids is 1. The summed E-state index contributed by atoms with van der Waals surface area (Å²) < 4.78 is 0. The second-order valence-electron chi connectivity index (χ2n) is 5.23. The Hall–Kier alpha value is -2.63. The van der Waals surface area contributed by atoms with Crippen LogP contribution in [0.25, 0.3) is 0 Å². The van der Waals surface area contributed by atoms with Crippen LogP contribution in [0.3, 0.4) is 0 Å². The summed E-state index contributed by atoms with van der Waals surface area (Å²) in [6.45, 7) is 3.65. The van der Waals surface area contributed by atoms with Gasteiger partial charge in [0.15, 0.2) is 5.69 Å². The van der Waals surface area contributed by atoms with Gasteiger partial charge in [-0.25, -0.2) is 0 Å². The Kier molecular flexibility index (Phi) is 4.93. The summed E-state index contributed by atoms with van der Waals surface area (Å²) in [7, 11) is 0. The van der Waals surface area contributed by atoms with Crippen LogP contribution in [0, 0.1) is 5.92 Å². The molecule has 6 heteroatoms. The normalized spacial score (nSPS) is 11.9. The van der Waals surface area contributed by atoms with E-state index in [4.69, 9.17) is 5.11 Å². The molecule has 0 radical (unpaired) electrons. The number of nitrogens with one attached hydrogen (secondary N) is 2.